The van der Waals surface area contributed by atoms with Crippen LogP contribution in [0.3, 0.4) is 0 Å². The summed E-state index contributed by atoms with van der Waals surface area (Å²) in [5.74, 6) is -1.01. The second kappa shape index (κ2) is 9.77. The van der Waals surface area contributed by atoms with Gasteiger partial charge in [0.2, 0.25) is 9.04 Å². The highest BCUT2D eigenvalue weighted by molar-refractivity contribution is 6.80. The molecule has 0 fully saturated rings. The third-order valence-electron chi connectivity index (χ3n) is 4.38. The van der Waals surface area contributed by atoms with Gasteiger partial charge in [-0.25, -0.2) is 0 Å². The maximum absolute atomic E-state index is 11.2. The first-order valence-corrected chi connectivity index (χ1v) is 10.8. The standard InChI is InChI=1S/C21H30O2Si/c1-3-5-17-21(22,18-6-4-2)23-24(19-13-9-7-10-14-19)20-15-11-8-12-16-20/h7-16,22,24H,3-6,17-18H2,1-2H3. The number of aliphatic hydroxyl groups is 1. The van der Waals surface area contributed by atoms with E-state index in [1.54, 1.807) is 0 Å². The zero-order chi connectivity index (χ0) is 17.3. The van der Waals surface area contributed by atoms with Crippen LogP contribution >= 0.6 is 0 Å². The maximum Gasteiger partial charge on any atom is 0.243 e. The van der Waals surface area contributed by atoms with E-state index in [4.69, 9.17) is 4.43 Å². The zero-order valence-corrected chi connectivity index (χ0v) is 16.1. The van der Waals surface area contributed by atoms with Gasteiger partial charge in [-0.15, -0.1) is 0 Å². The summed E-state index contributed by atoms with van der Waals surface area (Å²) in [6, 6.07) is 20.8. The van der Waals surface area contributed by atoms with Gasteiger partial charge in [0.1, 0.15) is 0 Å². The molecular weight excluding hydrogens is 312 g/mol. The fourth-order valence-corrected chi connectivity index (χ4v) is 5.43. The SMILES string of the molecule is CCCCC(O)(CCCC)O[SiH](c1ccccc1)c1ccccc1. The van der Waals surface area contributed by atoms with E-state index in [1.807, 2.05) is 12.1 Å². The highest BCUT2D eigenvalue weighted by atomic mass is 28.3. The summed E-state index contributed by atoms with van der Waals surface area (Å²) in [5.41, 5.74) is 0. The summed E-state index contributed by atoms with van der Waals surface area (Å²) >= 11 is 0. The molecule has 0 aromatic heterocycles. The molecule has 3 heteroatoms. The van der Waals surface area contributed by atoms with E-state index < -0.39 is 14.8 Å². The van der Waals surface area contributed by atoms with Crippen molar-refractivity contribution in [3.05, 3.63) is 60.7 Å². The van der Waals surface area contributed by atoms with Crippen LogP contribution in [-0.2, 0) is 4.43 Å². The Kier molecular flexibility index (Phi) is 7.70. The number of hydrogen-bond donors (Lipinski definition) is 1. The molecule has 0 heterocycles. The van der Waals surface area contributed by atoms with E-state index in [9.17, 15) is 5.11 Å². The molecule has 0 saturated heterocycles. The lowest BCUT2D eigenvalue weighted by molar-refractivity contribution is -0.151. The lowest BCUT2D eigenvalue weighted by atomic mass is 10.0. The Labute approximate surface area is 148 Å². The summed E-state index contributed by atoms with van der Waals surface area (Å²) in [6.45, 7) is 4.31. The topological polar surface area (TPSA) is 29.5 Å². The molecule has 0 amide bonds. The van der Waals surface area contributed by atoms with Crippen LogP contribution in [0.5, 0.6) is 0 Å². The fraction of sp³-hybridized carbons (Fsp3) is 0.429. The molecule has 0 unspecified atom stereocenters. The summed E-state index contributed by atoms with van der Waals surface area (Å²) in [4.78, 5) is 0. The van der Waals surface area contributed by atoms with Gasteiger partial charge in [0.15, 0.2) is 5.79 Å². The van der Waals surface area contributed by atoms with Crippen LogP contribution in [0.15, 0.2) is 60.7 Å². The van der Waals surface area contributed by atoms with Crippen molar-refractivity contribution < 1.29 is 9.53 Å². The summed E-state index contributed by atoms with van der Waals surface area (Å²) in [5, 5.41) is 13.6. The van der Waals surface area contributed by atoms with Crippen molar-refractivity contribution in [2.24, 2.45) is 0 Å². The molecule has 0 aliphatic heterocycles. The van der Waals surface area contributed by atoms with Gasteiger partial charge in [0, 0.05) is 12.8 Å². The molecule has 24 heavy (non-hydrogen) atoms. The number of benzene rings is 2. The average molecular weight is 343 g/mol. The Morgan fingerprint density at radius 1 is 0.792 bits per heavy atom. The molecule has 0 aliphatic rings. The largest absolute Gasteiger partial charge is 0.384 e. The van der Waals surface area contributed by atoms with Crippen LogP contribution < -0.4 is 10.4 Å². The Hall–Kier alpha value is -1.42. The molecular formula is C21H30O2Si. The molecule has 1 N–H and O–H groups in total. The van der Waals surface area contributed by atoms with Crippen molar-refractivity contribution in [1.29, 1.82) is 0 Å². The monoisotopic (exact) mass is 342 g/mol. The first-order valence-electron chi connectivity index (χ1n) is 9.18. The Morgan fingerprint density at radius 3 is 1.58 bits per heavy atom. The highest BCUT2D eigenvalue weighted by Crippen LogP contribution is 2.24. The van der Waals surface area contributed by atoms with Crippen molar-refractivity contribution in [1.82, 2.24) is 0 Å². The minimum absolute atomic E-state index is 0.715. The highest BCUT2D eigenvalue weighted by Gasteiger charge is 2.32. The van der Waals surface area contributed by atoms with Crippen LogP contribution in [0.25, 0.3) is 0 Å². The molecule has 2 aromatic rings. The second-order valence-corrected chi connectivity index (χ2v) is 8.80. The summed E-state index contributed by atoms with van der Waals surface area (Å²) < 4.78 is 6.51. The predicted molar refractivity (Wildman–Crippen MR) is 104 cm³/mol. The first-order chi connectivity index (χ1) is 11.7. The van der Waals surface area contributed by atoms with Gasteiger partial charge in [0.25, 0.3) is 0 Å². The van der Waals surface area contributed by atoms with Gasteiger partial charge in [-0.3, -0.25) is 0 Å². The van der Waals surface area contributed by atoms with Crippen LogP contribution in [0.4, 0.5) is 0 Å². The van der Waals surface area contributed by atoms with Crippen molar-refractivity contribution in [2.45, 2.75) is 58.2 Å². The van der Waals surface area contributed by atoms with Gasteiger partial charge in [0.05, 0.1) is 0 Å². The number of rotatable bonds is 10. The van der Waals surface area contributed by atoms with Gasteiger partial charge in [-0.1, -0.05) is 87.4 Å². The van der Waals surface area contributed by atoms with E-state index in [0.717, 1.165) is 25.7 Å². The first kappa shape index (κ1) is 18.9. The molecule has 130 valence electrons. The molecule has 0 radical (unpaired) electrons. The van der Waals surface area contributed by atoms with Crippen LogP contribution in [0.1, 0.15) is 52.4 Å². The van der Waals surface area contributed by atoms with E-state index >= 15 is 0 Å². The normalized spacial score (nSPS) is 11.8. The van der Waals surface area contributed by atoms with Gasteiger partial charge in [-0.2, -0.15) is 0 Å². The smallest absolute Gasteiger partial charge is 0.243 e. The predicted octanol–water partition coefficient (Wildman–Crippen LogP) is 3.61. The van der Waals surface area contributed by atoms with Gasteiger partial charge < -0.3 is 9.53 Å². The van der Waals surface area contributed by atoms with E-state index in [0.29, 0.717) is 12.8 Å². The van der Waals surface area contributed by atoms with Crippen molar-refractivity contribution in [2.75, 3.05) is 0 Å². The van der Waals surface area contributed by atoms with Crippen LogP contribution in [0, 0.1) is 0 Å². The lowest BCUT2D eigenvalue weighted by Gasteiger charge is -2.33. The maximum atomic E-state index is 11.2. The molecule has 0 aliphatic carbocycles. The zero-order valence-electron chi connectivity index (χ0n) is 14.9. The molecule has 0 saturated carbocycles. The Morgan fingerprint density at radius 2 is 1.21 bits per heavy atom. The molecule has 0 atom stereocenters. The van der Waals surface area contributed by atoms with Crippen molar-refractivity contribution in [3.8, 4) is 0 Å². The molecule has 2 rings (SSSR count). The number of unbranched alkanes of at least 4 members (excludes halogenated alkanes) is 2. The minimum atomic E-state index is -1.91. The Bertz CT molecular complexity index is 523. The number of hydrogen-bond acceptors (Lipinski definition) is 2. The Balaban J connectivity index is 2.28. The third-order valence-corrected chi connectivity index (χ3v) is 7.04. The summed E-state index contributed by atoms with van der Waals surface area (Å²) in [7, 11) is -1.91. The van der Waals surface area contributed by atoms with Crippen molar-refractivity contribution >= 4 is 19.4 Å². The second-order valence-electron chi connectivity index (χ2n) is 6.47. The minimum Gasteiger partial charge on any atom is -0.384 e. The van der Waals surface area contributed by atoms with Crippen molar-refractivity contribution in [3.63, 3.8) is 0 Å². The third kappa shape index (κ3) is 5.59. The average Bonchev–Trinajstić information content (AvgIpc) is 2.64. The van der Waals surface area contributed by atoms with E-state index in [2.05, 4.69) is 62.4 Å². The van der Waals surface area contributed by atoms with Gasteiger partial charge >= 0.3 is 0 Å². The van der Waals surface area contributed by atoms with E-state index in [-0.39, 0.29) is 0 Å². The summed E-state index contributed by atoms with van der Waals surface area (Å²) in [6.07, 6.45) is 5.55. The molecule has 2 aromatic carbocycles. The fourth-order valence-electron chi connectivity index (χ4n) is 2.95. The van der Waals surface area contributed by atoms with Crippen LogP contribution in [-0.4, -0.2) is 19.9 Å². The molecule has 0 bridgehead atoms. The molecule has 0 spiro atoms. The van der Waals surface area contributed by atoms with Crippen LogP contribution in [0.2, 0.25) is 0 Å². The van der Waals surface area contributed by atoms with Gasteiger partial charge in [-0.05, 0) is 23.2 Å². The quantitative estimate of drug-likeness (QED) is 0.528. The molecule has 2 nitrogen and oxygen atoms in total. The van der Waals surface area contributed by atoms with E-state index in [1.165, 1.54) is 10.4 Å². The lowest BCUT2D eigenvalue weighted by Crippen LogP contribution is -2.51.